The van der Waals surface area contributed by atoms with Gasteiger partial charge in [0, 0.05) is 5.56 Å². The van der Waals surface area contributed by atoms with Crippen LogP contribution >= 0.6 is 0 Å². The molecule has 0 aliphatic rings. The Kier molecular flexibility index (Phi) is 10.9. The van der Waals surface area contributed by atoms with Crippen LogP contribution in [-0.2, 0) is 12.8 Å². The van der Waals surface area contributed by atoms with Crippen LogP contribution in [0.25, 0.3) is 10.8 Å². The standard InChI is InChI=1S/C27H40O/c1-3-5-7-9-10-12-13-17-23-21-24(22-28)26(18-14-11-8-6-4-2)27-20-16-15-19-25(23)27/h15-16,19-22H,3-14,17-18H2,1-2H3. The molecule has 2 aromatic carbocycles. The van der Waals surface area contributed by atoms with Crippen LogP contribution in [0.4, 0.5) is 0 Å². The minimum Gasteiger partial charge on any atom is -0.298 e. The summed E-state index contributed by atoms with van der Waals surface area (Å²) in [5, 5.41) is 2.67. The minimum atomic E-state index is 0.923. The van der Waals surface area contributed by atoms with Crippen molar-refractivity contribution in [3.8, 4) is 0 Å². The van der Waals surface area contributed by atoms with Gasteiger partial charge in [-0.15, -0.1) is 0 Å². The van der Waals surface area contributed by atoms with Crippen molar-refractivity contribution >= 4 is 17.1 Å². The van der Waals surface area contributed by atoms with Gasteiger partial charge in [-0.05, 0) is 53.6 Å². The van der Waals surface area contributed by atoms with Crippen LogP contribution < -0.4 is 0 Å². The van der Waals surface area contributed by atoms with Crippen molar-refractivity contribution in [2.45, 2.75) is 104 Å². The van der Waals surface area contributed by atoms with E-state index in [1.54, 1.807) is 0 Å². The highest BCUT2D eigenvalue weighted by Gasteiger charge is 2.11. The summed E-state index contributed by atoms with van der Waals surface area (Å²) in [7, 11) is 0. The third-order valence-corrected chi connectivity index (χ3v) is 5.98. The van der Waals surface area contributed by atoms with Crippen molar-refractivity contribution in [3.63, 3.8) is 0 Å². The third kappa shape index (κ3) is 7.08. The molecule has 0 fully saturated rings. The first-order chi connectivity index (χ1) is 13.8. The summed E-state index contributed by atoms with van der Waals surface area (Å²) in [5.74, 6) is 0. The quantitative estimate of drug-likeness (QED) is 0.224. The molecule has 154 valence electrons. The van der Waals surface area contributed by atoms with Gasteiger partial charge in [0.15, 0.2) is 0 Å². The van der Waals surface area contributed by atoms with E-state index in [0.717, 1.165) is 24.7 Å². The molecule has 0 heterocycles. The summed E-state index contributed by atoms with van der Waals surface area (Å²) in [6, 6.07) is 10.9. The molecule has 0 saturated heterocycles. The van der Waals surface area contributed by atoms with Crippen molar-refractivity contribution in [3.05, 3.63) is 47.0 Å². The number of carbonyl (C=O) groups is 1. The lowest BCUT2D eigenvalue weighted by Gasteiger charge is -2.14. The van der Waals surface area contributed by atoms with Gasteiger partial charge in [0.05, 0.1) is 0 Å². The zero-order chi connectivity index (χ0) is 20.0. The maximum Gasteiger partial charge on any atom is 0.150 e. The van der Waals surface area contributed by atoms with E-state index in [0.29, 0.717) is 0 Å². The van der Waals surface area contributed by atoms with E-state index in [1.165, 1.54) is 98.9 Å². The second kappa shape index (κ2) is 13.5. The highest BCUT2D eigenvalue weighted by Crippen LogP contribution is 2.29. The zero-order valence-electron chi connectivity index (χ0n) is 18.3. The molecule has 1 heteroatoms. The van der Waals surface area contributed by atoms with Crippen LogP contribution in [0.2, 0.25) is 0 Å². The molecular formula is C27H40O. The second-order valence-electron chi connectivity index (χ2n) is 8.30. The summed E-state index contributed by atoms with van der Waals surface area (Å²) in [6.45, 7) is 4.52. The van der Waals surface area contributed by atoms with Gasteiger partial charge in [-0.3, -0.25) is 4.79 Å². The molecule has 2 rings (SSSR count). The van der Waals surface area contributed by atoms with E-state index in [4.69, 9.17) is 0 Å². The van der Waals surface area contributed by atoms with Crippen LogP contribution in [0.15, 0.2) is 30.3 Å². The maximum atomic E-state index is 11.8. The number of hydrogen-bond acceptors (Lipinski definition) is 1. The van der Waals surface area contributed by atoms with Crippen molar-refractivity contribution in [2.24, 2.45) is 0 Å². The van der Waals surface area contributed by atoms with Crippen molar-refractivity contribution in [1.29, 1.82) is 0 Å². The molecule has 0 N–H and O–H groups in total. The third-order valence-electron chi connectivity index (χ3n) is 5.98. The lowest BCUT2D eigenvalue weighted by molar-refractivity contribution is 0.112. The fraction of sp³-hybridized carbons (Fsp3) is 0.593. The summed E-state index contributed by atoms with van der Waals surface area (Å²) < 4.78 is 0. The zero-order valence-corrected chi connectivity index (χ0v) is 18.3. The number of fused-ring (bicyclic) bond motifs is 1. The molecule has 28 heavy (non-hydrogen) atoms. The first-order valence-corrected chi connectivity index (χ1v) is 11.8. The smallest absolute Gasteiger partial charge is 0.150 e. The van der Waals surface area contributed by atoms with Gasteiger partial charge in [-0.2, -0.15) is 0 Å². The summed E-state index contributed by atoms with van der Waals surface area (Å²) in [5.41, 5.74) is 3.55. The number of hydrogen-bond donors (Lipinski definition) is 0. The molecule has 0 amide bonds. The molecule has 0 aliphatic heterocycles. The van der Waals surface area contributed by atoms with Gasteiger partial charge in [0.2, 0.25) is 0 Å². The molecule has 0 atom stereocenters. The van der Waals surface area contributed by atoms with E-state index >= 15 is 0 Å². The summed E-state index contributed by atoms with van der Waals surface area (Å²) >= 11 is 0. The number of aldehydes is 1. The van der Waals surface area contributed by atoms with Gasteiger partial charge in [0.25, 0.3) is 0 Å². The summed E-state index contributed by atoms with van der Waals surface area (Å²) in [4.78, 5) is 11.8. The summed E-state index contributed by atoms with van der Waals surface area (Å²) in [6.07, 6.45) is 18.8. The number of carbonyl (C=O) groups excluding carboxylic acids is 1. The molecule has 0 unspecified atom stereocenters. The Bertz CT molecular complexity index is 701. The molecule has 0 spiro atoms. The normalized spacial score (nSPS) is 11.2. The van der Waals surface area contributed by atoms with Gasteiger partial charge < -0.3 is 0 Å². The fourth-order valence-electron chi connectivity index (χ4n) is 4.30. The number of aryl methyl sites for hydroxylation is 2. The SMILES string of the molecule is CCCCCCCCCc1cc(C=O)c(CCCCCCC)c2ccccc12. The largest absolute Gasteiger partial charge is 0.298 e. The fourth-order valence-corrected chi connectivity index (χ4v) is 4.30. The van der Waals surface area contributed by atoms with Crippen LogP contribution in [0.5, 0.6) is 0 Å². The van der Waals surface area contributed by atoms with Gasteiger partial charge >= 0.3 is 0 Å². The molecule has 0 bridgehead atoms. The average molecular weight is 381 g/mol. The Balaban J connectivity index is 2.04. The Morgan fingerprint density at radius 3 is 1.82 bits per heavy atom. The van der Waals surface area contributed by atoms with Crippen molar-refractivity contribution in [2.75, 3.05) is 0 Å². The topological polar surface area (TPSA) is 17.1 Å². The van der Waals surface area contributed by atoms with Gasteiger partial charge in [0.1, 0.15) is 6.29 Å². The number of rotatable bonds is 15. The van der Waals surface area contributed by atoms with Crippen LogP contribution in [0, 0.1) is 0 Å². The maximum absolute atomic E-state index is 11.8. The van der Waals surface area contributed by atoms with Crippen molar-refractivity contribution in [1.82, 2.24) is 0 Å². The lowest BCUT2D eigenvalue weighted by atomic mass is 9.90. The highest BCUT2D eigenvalue weighted by molar-refractivity contribution is 5.95. The predicted octanol–water partition coefficient (Wildman–Crippen LogP) is 8.46. The Morgan fingerprint density at radius 1 is 0.679 bits per heavy atom. The first kappa shape index (κ1) is 22.7. The van der Waals surface area contributed by atoms with Gasteiger partial charge in [-0.1, -0.05) is 102 Å². The lowest BCUT2D eigenvalue weighted by Crippen LogP contribution is -2.00. The van der Waals surface area contributed by atoms with Crippen LogP contribution in [-0.4, -0.2) is 6.29 Å². The highest BCUT2D eigenvalue weighted by atomic mass is 16.1. The molecule has 0 aromatic heterocycles. The molecular weight excluding hydrogens is 340 g/mol. The Hall–Kier alpha value is -1.63. The average Bonchev–Trinajstić information content (AvgIpc) is 2.73. The second-order valence-corrected chi connectivity index (χ2v) is 8.30. The van der Waals surface area contributed by atoms with E-state index in [9.17, 15) is 4.79 Å². The monoisotopic (exact) mass is 380 g/mol. The first-order valence-electron chi connectivity index (χ1n) is 11.8. The Morgan fingerprint density at radius 2 is 1.21 bits per heavy atom. The molecule has 2 aromatic rings. The van der Waals surface area contributed by atoms with Crippen LogP contribution in [0.3, 0.4) is 0 Å². The van der Waals surface area contributed by atoms with Crippen molar-refractivity contribution < 1.29 is 4.79 Å². The number of unbranched alkanes of at least 4 members (excludes halogenated alkanes) is 10. The Labute approximate surface area is 172 Å². The molecule has 1 nitrogen and oxygen atoms in total. The van der Waals surface area contributed by atoms with E-state index in [-0.39, 0.29) is 0 Å². The minimum absolute atomic E-state index is 0.923. The van der Waals surface area contributed by atoms with E-state index < -0.39 is 0 Å². The van der Waals surface area contributed by atoms with E-state index in [1.807, 2.05) is 0 Å². The molecule has 0 saturated carbocycles. The van der Waals surface area contributed by atoms with Gasteiger partial charge in [-0.25, -0.2) is 0 Å². The molecule has 0 aliphatic carbocycles. The van der Waals surface area contributed by atoms with E-state index in [2.05, 4.69) is 44.2 Å². The number of benzene rings is 2. The van der Waals surface area contributed by atoms with Crippen LogP contribution in [0.1, 0.15) is 112 Å². The molecule has 0 radical (unpaired) electrons. The predicted molar refractivity (Wildman–Crippen MR) is 123 cm³/mol.